The fraction of sp³-hybridized carbons (Fsp3) is 0.474. The van der Waals surface area contributed by atoms with Gasteiger partial charge < -0.3 is 15.4 Å². The zero-order valence-electron chi connectivity index (χ0n) is 14.8. The minimum atomic E-state index is -0.414. The molecule has 3 rings (SSSR count). The first kappa shape index (κ1) is 17.5. The van der Waals surface area contributed by atoms with Gasteiger partial charge in [0.1, 0.15) is 18.0 Å². The number of hydrogen-bond acceptors (Lipinski definition) is 5. The number of carbonyl (C=O) groups excluding carboxylic acids is 1. The lowest BCUT2D eigenvalue weighted by Crippen LogP contribution is -2.33. The zero-order chi connectivity index (χ0) is 17.6. The van der Waals surface area contributed by atoms with Crippen molar-refractivity contribution in [3.8, 4) is 0 Å². The predicted molar refractivity (Wildman–Crippen MR) is 97.2 cm³/mol. The standard InChI is InChI=1S/C19H26N4O2/c1-15-17(19(24)25-14-16-8-4-2-5-9-16)18(20)23(21-15)13-12-22-10-6-3-7-11-22/h2,4-5,8-9H,3,6-7,10-14,20H2,1H3. The van der Waals surface area contributed by atoms with Gasteiger partial charge >= 0.3 is 5.97 Å². The number of piperidine rings is 1. The number of hydrogen-bond donors (Lipinski definition) is 1. The highest BCUT2D eigenvalue weighted by molar-refractivity contribution is 5.95. The molecule has 0 saturated carbocycles. The van der Waals surface area contributed by atoms with Crippen molar-refractivity contribution in [1.82, 2.24) is 14.7 Å². The third-order valence-corrected chi connectivity index (χ3v) is 4.66. The van der Waals surface area contributed by atoms with E-state index in [2.05, 4.69) is 10.00 Å². The van der Waals surface area contributed by atoms with Crippen molar-refractivity contribution in [2.75, 3.05) is 25.4 Å². The van der Waals surface area contributed by atoms with Crippen molar-refractivity contribution in [2.24, 2.45) is 0 Å². The van der Waals surface area contributed by atoms with Crippen LogP contribution in [-0.4, -0.2) is 40.3 Å². The van der Waals surface area contributed by atoms with Gasteiger partial charge in [0, 0.05) is 6.54 Å². The quantitative estimate of drug-likeness (QED) is 0.817. The molecule has 1 fully saturated rings. The average Bonchev–Trinajstić information content (AvgIpc) is 2.93. The van der Waals surface area contributed by atoms with Gasteiger partial charge in [-0.05, 0) is 38.4 Å². The lowest BCUT2D eigenvalue weighted by Gasteiger charge is -2.26. The summed E-state index contributed by atoms with van der Waals surface area (Å²) in [7, 11) is 0. The number of nitrogens with zero attached hydrogens (tertiary/aromatic N) is 3. The van der Waals surface area contributed by atoms with Crippen LogP contribution in [0, 0.1) is 6.92 Å². The van der Waals surface area contributed by atoms with Gasteiger partial charge in [-0.1, -0.05) is 36.8 Å². The number of ether oxygens (including phenoxy) is 1. The van der Waals surface area contributed by atoms with Crippen LogP contribution >= 0.6 is 0 Å². The number of nitrogens with two attached hydrogens (primary N) is 1. The van der Waals surface area contributed by atoms with E-state index >= 15 is 0 Å². The molecule has 1 aliphatic rings. The molecular weight excluding hydrogens is 316 g/mol. The minimum absolute atomic E-state index is 0.234. The molecule has 0 bridgehead atoms. The molecule has 1 aromatic heterocycles. The topological polar surface area (TPSA) is 73.4 Å². The van der Waals surface area contributed by atoms with E-state index in [1.54, 1.807) is 11.6 Å². The van der Waals surface area contributed by atoms with Crippen molar-refractivity contribution in [1.29, 1.82) is 0 Å². The molecule has 0 radical (unpaired) electrons. The van der Waals surface area contributed by atoms with Crippen molar-refractivity contribution < 1.29 is 9.53 Å². The molecule has 1 aliphatic heterocycles. The number of esters is 1. The third kappa shape index (κ3) is 4.39. The Hall–Kier alpha value is -2.34. The molecule has 2 aromatic rings. The number of rotatable bonds is 6. The Morgan fingerprint density at radius 1 is 1.16 bits per heavy atom. The number of aromatic nitrogens is 2. The van der Waals surface area contributed by atoms with Crippen LogP contribution in [0.4, 0.5) is 5.82 Å². The van der Waals surface area contributed by atoms with Crippen molar-refractivity contribution in [3.63, 3.8) is 0 Å². The second-order valence-electron chi connectivity index (χ2n) is 6.53. The molecular formula is C19H26N4O2. The van der Waals surface area contributed by atoms with Gasteiger partial charge in [-0.15, -0.1) is 0 Å². The van der Waals surface area contributed by atoms with Crippen molar-refractivity contribution >= 4 is 11.8 Å². The highest BCUT2D eigenvalue weighted by Crippen LogP contribution is 2.19. The maximum Gasteiger partial charge on any atom is 0.344 e. The summed E-state index contributed by atoms with van der Waals surface area (Å²) in [5.74, 6) is -0.0179. The fourth-order valence-electron chi connectivity index (χ4n) is 3.24. The van der Waals surface area contributed by atoms with Crippen LogP contribution in [0.25, 0.3) is 0 Å². The maximum absolute atomic E-state index is 12.4. The first-order chi connectivity index (χ1) is 12.1. The molecule has 0 amide bonds. The normalized spacial score (nSPS) is 15.2. The van der Waals surface area contributed by atoms with Crippen LogP contribution in [0.3, 0.4) is 0 Å². The zero-order valence-corrected chi connectivity index (χ0v) is 14.8. The summed E-state index contributed by atoms with van der Waals surface area (Å²) in [5, 5.41) is 4.43. The SMILES string of the molecule is Cc1nn(CCN2CCCCC2)c(N)c1C(=O)OCc1ccccc1. The summed E-state index contributed by atoms with van der Waals surface area (Å²) < 4.78 is 7.13. The molecule has 25 heavy (non-hydrogen) atoms. The van der Waals surface area contributed by atoms with E-state index in [9.17, 15) is 4.79 Å². The molecule has 0 unspecified atom stereocenters. The third-order valence-electron chi connectivity index (χ3n) is 4.66. The summed E-state index contributed by atoms with van der Waals surface area (Å²) in [6.07, 6.45) is 3.83. The van der Waals surface area contributed by atoms with Crippen molar-refractivity contribution in [3.05, 3.63) is 47.2 Å². The predicted octanol–water partition coefficient (Wildman–Crippen LogP) is 2.62. The van der Waals surface area contributed by atoms with E-state index in [1.165, 1.54) is 19.3 Å². The van der Waals surface area contributed by atoms with Gasteiger partial charge in [-0.2, -0.15) is 5.10 Å². The number of nitrogen functional groups attached to an aromatic ring is 1. The monoisotopic (exact) mass is 342 g/mol. The van der Waals surface area contributed by atoms with Crippen LogP contribution in [-0.2, 0) is 17.9 Å². The minimum Gasteiger partial charge on any atom is -0.457 e. The van der Waals surface area contributed by atoms with E-state index in [0.29, 0.717) is 23.6 Å². The van der Waals surface area contributed by atoms with Crippen LogP contribution in [0.1, 0.15) is 40.9 Å². The van der Waals surface area contributed by atoms with Gasteiger partial charge in [0.2, 0.25) is 0 Å². The summed E-state index contributed by atoms with van der Waals surface area (Å²) in [6.45, 7) is 5.89. The molecule has 1 saturated heterocycles. The largest absolute Gasteiger partial charge is 0.457 e. The lowest BCUT2D eigenvalue weighted by molar-refractivity contribution is 0.0473. The van der Waals surface area contributed by atoms with Gasteiger partial charge in [-0.3, -0.25) is 0 Å². The highest BCUT2D eigenvalue weighted by atomic mass is 16.5. The molecule has 2 N–H and O–H groups in total. The Labute approximate surface area is 148 Å². The summed E-state index contributed by atoms with van der Waals surface area (Å²) in [5.41, 5.74) is 8.12. The lowest BCUT2D eigenvalue weighted by atomic mass is 10.1. The summed E-state index contributed by atoms with van der Waals surface area (Å²) in [4.78, 5) is 14.8. The van der Waals surface area contributed by atoms with Crippen LogP contribution in [0.5, 0.6) is 0 Å². The van der Waals surface area contributed by atoms with E-state index in [1.807, 2.05) is 30.3 Å². The van der Waals surface area contributed by atoms with E-state index in [-0.39, 0.29) is 6.61 Å². The number of anilines is 1. The molecule has 0 atom stereocenters. The van der Waals surface area contributed by atoms with Gasteiger partial charge in [-0.25, -0.2) is 9.48 Å². The van der Waals surface area contributed by atoms with E-state index < -0.39 is 5.97 Å². The van der Waals surface area contributed by atoms with Gasteiger partial charge in [0.25, 0.3) is 0 Å². The first-order valence-corrected chi connectivity index (χ1v) is 8.91. The Kier molecular flexibility index (Phi) is 5.71. The molecule has 0 spiro atoms. The molecule has 0 aliphatic carbocycles. The van der Waals surface area contributed by atoms with Crippen LogP contribution in [0.15, 0.2) is 30.3 Å². The summed E-state index contributed by atoms with van der Waals surface area (Å²) >= 11 is 0. The Balaban J connectivity index is 1.61. The van der Waals surface area contributed by atoms with Crippen molar-refractivity contribution in [2.45, 2.75) is 39.3 Å². The maximum atomic E-state index is 12.4. The smallest absolute Gasteiger partial charge is 0.344 e. The van der Waals surface area contributed by atoms with Crippen LogP contribution in [0.2, 0.25) is 0 Å². The molecule has 6 nitrogen and oxygen atoms in total. The highest BCUT2D eigenvalue weighted by Gasteiger charge is 2.21. The molecule has 1 aromatic carbocycles. The van der Waals surface area contributed by atoms with E-state index in [4.69, 9.17) is 10.5 Å². The number of benzene rings is 1. The summed E-state index contributed by atoms with van der Waals surface area (Å²) in [6, 6.07) is 9.61. The Morgan fingerprint density at radius 3 is 2.60 bits per heavy atom. The fourth-order valence-corrected chi connectivity index (χ4v) is 3.24. The Morgan fingerprint density at radius 2 is 1.88 bits per heavy atom. The van der Waals surface area contributed by atoms with Crippen LogP contribution < -0.4 is 5.73 Å². The Bertz CT molecular complexity index is 706. The molecule has 6 heteroatoms. The number of carbonyl (C=O) groups is 1. The second kappa shape index (κ2) is 8.16. The van der Waals surface area contributed by atoms with Gasteiger partial charge in [0.15, 0.2) is 0 Å². The molecule has 134 valence electrons. The molecule has 2 heterocycles. The average molecular weight is 342 g/mol. The first-order valence-electron chi connectivity index (χ1n) is 8.91. The van der Waals surface area contributed by atoms with Gasteiger partial charge in [0.05, 0.1) is 12.2 Å². The number of aryl methyl sites for hydroxylation is 1. The van der Waals surface area contributed by atoms with E-state index in [0.717, 1.165) is 25.2 Å². The second-order valence-corrected chi connectivity index (χ2v) is 6.53. The number of likely N-dealkylation sites (tertiary alicyclic amines) is 1.